The Bertz CT molecular complexity index is 763. The maximum Gasteiger partial charge on any atom is 0.141 e. The predicted octanol–water partition coefficient (Wildman–Crippen LogP) is 3.21. The van der Waals surface area contributed by atoms with Gasteiger partial charge in [0.1, 0.15) is 11.7 Å². The van der Waals surface area contributed by atoms with Crippen LogP contribution in [0.5, 0.6) is 0 Å². The summed E-state index contributed by atoms with van der Waals surface area (Å²) in [6.07, 6.45) is 0. The molecular weight excluding hydrogens is 291 g/mol. The average Bonchev–Trinajstić information content (AvgIpc) is 2.73. The minimum Gasteiger partial charge on any atom is -0.353 e. The summed E-state index contributed by atoms with van der Waals surface area (Å²) in [5.41, 5.74) is 3.08. The number of halogens is 1. The molecule has 4 nitrogen and oxygen atoms in total. The number of nitrogens with zero attached hydrogens (tertiary/aromatic N) is 3. The Labute approximate surface area is 135 Å². The van der Waals surface area contributed by atoms with Crippen molar-refractivity contribution in [2.24, 2.45) is 4.99 Å². The molecule has 1 N–H and O–H groups in total. The Hall–Kier alpha value is -2.40. The van der Waals surface area contributed by atoms with Crippen LogP contribution in [0.4, 0.5) is 21.5 Å². The van der Waals surface area contributed by atoms with Gasteiger partial charge < -0.3 is 15.1 Å². The quantitative estimate of drug-likeness (QED) is 0.810. The first kappa shape index (κ1) is 14.2. The van der Waals surface area contributed by atoms with Crippen molar-refractivity contribution < 1.29 is 4.39 Å². The molecule has 2 aliphatic heterocycles. The third kappa shape index (κ3) is 2.57. The van der Waals surface area contributed by atoms with E-state index < -0.39 is 0 Å². The van der Waals surface area contributed by atoms with Gasteiger partial charge in [0.2, 0.25) is 0 Å². The molecule has 0 atom stereocenters. The largest absolute Gasteiger partial charge is 0.353 e. The molecule has 1 fully saturated rings. The lowest BCUT2D eigenvalue weighted by Crippen LogP contribution is -2.47. The summed E-state index contributed by atoms with van der Waals surface area (Å²) in [6, 6.07) is 13.0. The molecule has 2 aromatic rings. The fourth-order valence-electron chi connectivity index (χ4n) is 3.09. The number of hydrogen-bond acceptors (Lipinski definition) is 4. The van der Waals surface area contributed by atoms with E-state index in [1.54, 1.807) is 6.07 Å². The van der Waals surface area contributed by atoms with Gasteiger partial charge in [0.25, 0.3) is 0 Å². The third-order valence-corrected chi connectivity index (χ3v) is 4.44. The first-order chi connectivity index (χ1) is 11.2. The molecule has 1 saturated heterocycles. The second-order valence-corrected chi connectivity index (χ2v) is 6.03. The van der Waals surface area contributed by atoms with Crippen LogP contribution in [0.3, 0.4) is 0 Å². The predicted molar refractivity (Wildman–Crippen MR) is 91.4 cm³/mol. The van der Waals surface area contributed by atoms with Gasteiger partial charge in [0, 0.05) is 26.2 Å². The normalized spacial score (nSPS) is 17.7. The summed E-state index contributed by atoms with van der Waals surface area (Å²) in [7, 11) is 2.11. The molecule has 2 heterocycles. The number of hydrogen-bond donors (Lipinski definition) is 1. The number of fused-ring (bicyclic) bond motifs is 2. The van der Waals surface area contributed by atoms with Gasteiger partial charge in [-0.05, 0) is 31.3 Å². The Kier molecular flexibility index (Phi) is 3.50. The first-order valence-electron chi connectivity index (χ1n) is 7.89. The zero-order chi connectivity index (χ0) is 15.8. The van der Waals surface area contributed by atoms with Gasteiger partial charge in [0.05, 0.1) is 22.6 Å². The van der Waals surface area contributed by atoms with Crippen LogP contribution in [0.15, 0.2) is 47.5 Å². The van der Waals surface area contributed by atoms with Crippen molar-refractivity contribution in [2.45, 2.75) is 0 Å². The lowest BCUT2D eigenvalue weighted by molar-refractivity contribution is 0.215. The number of likely N-dealkylation sites (N-methyl/N-ethyl adjacent to an activating group) is 1. The van der Waals surface area contributed by atoms with Gasteiger partial charge in [0.15, 0.2) is 0 Å². The van der Waals surface area contributed by atoms with Crippen LogP contribution < -0.4 is 5.32 Å². The number of para-hydroxylation sites is 2. The molecule has 0 aliphatic carbocycles. The Morgan fingerprint density at radius 1 is 0.957 bits per heavy atom. The summed E-state index contributed by atoms with van der Waals surface area (Å²) >= 11 is 0. The summed E-state index contributed by atoms with van der Waals surface area (Å²) in [6.45, 7) is 3.62. The number of rotatable bonds is 0. The molecule has 0 bridgehead atoms. The number of piperazine rings is 1. The zero-order valence-electron chi connectivity index (χ0n) is 13.1. The van der Waals surface area contributed by atoms with Crippen LogP contribution in [0.25, 0.3) is 0 Å². The van der Waals surface area contributed by atoms with Crippen LogP contribution >= 0.6 is 0 Å². The van der Waals surface area contributed by atoms with Crippen LogP contribution in [-0.4, -0.2) is 48.9 Å². The molecule has 23 heavy (non-hydrogen) atoms. The fraction of sp³-hybridized carbons (Fsp3) is 0.278. The van der Waals surface area contributed by atoms with Gasteiger partial charge in [-0.25, -0.2) is 9.38 Å². The minimum atomic E-state index is -0.236. The van der Waals surface area contributed by atoms with Crippen LogP contribution in [0.2, 0.25) is 0 Å². The number of nitrogens with one attached hydrogen (secondary N) is 1. The van der Waals surface area contributed by atoms with Crippen LogP contribution in [0, 0.1) is 5.82 Å². The van der Waals surface area contributed by atoms with Crippen molar-refractivity contribution in [1.82, 2.24) is 9.80 Å². The number of benzene rings is 2. The van der Waals surface area contributed by atoms with E-state index in [9.17, 15) is 4.39 Å². The lowest BCUT2D eigenvalue weighted by atomic mass is 10.1. The van der Waals surface area contributed by atoms with E-state index in [0.29, 0.717) is 5.56 Å². The minimum absolute atomic E-state index is 0.236. The lowest BCUT2D eigenvalue weighted by Gasteiger charge is -2.34. The smallest absolute Gasteiger partial charge is 0.141 e. The van der Waals surface area contributed by atoms with Gasteiger partial charge in [-0.1, -0.05) is 18.2 Å². The van der Waals surface area contributed by atoms with Crippen molar-refractivity contribution in [3.63, 3.8) is 0 Å². The topological polar surface area (TPSA) is 30.9 Å². The molecule has 2 aliphatic rings. The average molecular weight is 310 g/mol. The Balaban J connectivity index is 1.86. The van der Waals surface area contributed by atoms with E-state index in [1.807, 2.05) is 30.3 Å². The molecule has 0 radical (unpaired) electrons. The maximum absolute atomic E-state index is 14.6. The van der Waals surface area contributed by atoms with Gasteiger partial charge >= 0.3 is 0 Å². The fourth-order valence-corrected chi connectivity index (χ4v) is 3.09. The molecule has 0 aromatic heterocycles. The highest BCUT2D eigenvalue weighted by Gasteiger charge is 2.26. The number of aliphatic imine (C=N–C) groups is 1. The van der Waals surface area contributed by atoms with E-state index in [4.69, 9.17) is 4.99 Å². The van der Waals surface area contributed by atoms with E-state index in [0.717, 1.165) is 49.1 Å². The highest BCUT2D eigenvalue weighted by Crippen LogP contribution is 2.35. The highest BCUT2D eigenvalue weighted by molar-refractivity contribution is 6.07. The highest BCUT2D eigenvalue weighted by atomic mass is 19.1. The van der Waals surface area contributed by atoms with Crippen molar-refractivity contribution in [1.29, 1.82) is 0 Å². The zero-order valence-corrected chi connectivity index (χ0v) is 13.1. The molecular formula is C18H19FN4. The molecule has 118 valence electrons. The van der Waals surface area contributed by atoms with Crippen LogP contribution in [-0.2, 0) is 0 Å². The second-order valence-electron chi connectivity index (χ2n) is 6.03. The Morgan fingerprint density at radius 3 is 2.52 bits per heavy atom. The Morgan fingerprint density at radius 2 is 1.70 bits per heavy atom. The van der Waals surface area contributed by atoms with E-state index in [2.05, 4.69) is 22.2 Å². The molecule has 0 amide bonds. The summed E-state index contributed by atoms with van der Waals surface area (Å²) in [5, 5.41) is 3.33. The molecule has 5 heteroatoms. The van der Waals surface area contributed by atoms with E-state index in [-0.39, 0.29) is 5.82 Å². The summed E-state index contributed by atoms with van der Waals surface area (Å²) in [5.74, 6) is 0.490. The molecule has 2 aromatic carbocycles. The van der Waals surface area contributed by atoms with E-state index in [1.165, 1.54) is 6.07 Å². The van der Waals surface area contributed by atoms with E-state index >= 15 is 0 Å². The van der Waals surface area contributed by atoms with Crippen LogP contribution in [0.1, 0.15) is 5.56 Å². The first-order valence-corrected chi connectivity index (χ1v) is 7.89. The standard InChI is InChI=1S/C18H19FN4/c1-22-9-11-23(12-10-22)18-17-13(19)5-4-8-16(17)20-14-6-2-3-7-15(14)21-18/h2-8,20H,9-12H2,1H3. The van der Waals surface area contributed by atoms with Crippen molar-refractivity contribution in [2.75, 3.05) is 38.5 Å². The summed E-state index contributed by atoms with van der Waals surface area (Å²) < 4.78 is 14.6. The van der Waals surface area contributed by atoms with Crippen molar-refractivity contribution in [3.05, 3.63) is 53.8 Å². The number of amidine groups is 1. The van der Waals surface area contributed by atoms with Gasteiger partial charge in [-0.3, -0.25) is 0 Å². The van der Waals surface area contributed by atoms with Crippen molar-refractivity contribution in [3.8, 4) is 0 Å². The molecule has 4 rings (SSSR count). The second kappa shape index (κ2) is 5.66. The summed E-state index contributed by atoms with van der Waals surface area (Å²) in [4.78, 5) is 9.28. The molecule has 0 unspecified atom stereocenters. The van der Waals surface area contributed by atoms with Gasteiger partial charge in [-0.2, -0.15) is 0 Å². The maximum atomic E-state index is 14.6. The monoisotopic (exact) mass is 310 g/mol. The molecule has 0 saturated carbocycles. The third-order valence-electron chi connectivity index (χ3n) is 4.44. The molecule has 0 spiro atoms. The SMILES string of the molecule is CN1CCN(C2=Nc3ccccc3Nc3cccc(F)c32)CC1. The number of anilines is 2. The van der Waals surface area contributed by atoms with Gasteiger partial charge in [-0.15, -0.1) is 0 Å². The van der Waals surface area contributed by atoms with Crippen molar-refractivity contribution >= 4 is 22.9 Å².